The van der Waals surface area contributed by atoms with Crippen LogP contribution < -0.4 is 0 Å². The van der Waals surface area contributed by atoms with Gasteiger partial charge in [0.15, 0.2) is 0 Å². The van der Waals surface area contributed by atoms with Gasteiger partial charge in [-0.1, -0.05) is 12.8 Å². The van der Waals surface area contributed by atoms with Crippen LogP contribution in [0.15, 0.2) is 0 Å². The highest BCUT2D eigenvalue weighted by Gasteiger charge is 2.54. The fourth-order valence-electron chi connectivity index (χ4n) is 2.85. The van der Waals surface area contributed by atoms with Crippen LogP contribution in [0.1, 0.15) is 32.1 Å². The van der Waals surface area contributed by atoms with E-state index < -0.39 is 11.5 Å². The van der Waals surface area contributed by atoms with E-state index in [1.165, 1.54) is 0 Å². The number of nitrogens with zero attached hydrogens (tertiary/aromatic N) is 1. The summed E-state index contributed by atoms with van der Waals surface area (Å²) >= 11 is 0. The summed E-state index contributed by atoms with van der Waals surface area (Å²) in [5.74, 6) is -0.442. The summed E-state index contributed by atoms with van der Waals surface area (Å²) in [6, 6.07) is -0.764. The monoisotopic (exact) mass is 227 g/mol. The predicted octanol–water partition coefficient (Wildman–Crippen LogP) is -0.341. The molecule has 0 aromatic heterocycles. The van der Waals surface area contributed by atoms with Crippen LogP contribution in [0.4, 0.5) is 0 Å². The van der Waals surface area contributed by atoms with Gasteiger partial charge in [-0.15, -0.1) is 0 Å². The number of hydrogen-bond acceptors (Lipinski definition) is 4. The van der Waals surface area contributed by atoms with Crippen LogP contribution in [0.25, 0.3) is 0 Å². The molecule has 2 fully saturated rings. The van der Waals surface area contributed by atoms with Crippen LogP contribution in [0.3, 0.4) is 0 Å². The Morgan fingerprint density at radius 2 is 1.75 bits per heavy atom. The third-order valence-corrected chi connectivity index (χ3v) is 3.78. The van der Waals surface area contributed by atoms with E-state index >= 15 is 0 Å². The standard InChI is InChI=1S/C11H17NO4/c13-6-8(7-14)12-9(15)5-11(10(12)16)3-1-2-4-11/h8,13-14H,1-7H2. The van der Waals surface area contributed by atoms with Crippen LogP contribution in [0.5, 0.6) is 0 Å². The first-order chi connectivity index (χ1) is 7.64. The van der Waals surface area contributed by atoms with Crippen LogP contribution in [-0.2, 0) is 9.59 Å². The normalized spacial score (nSPS) is 24.1. The lowest BCUT2D eigenvalue weighted by Gasteiger charge is -2.25. The molecule has 0 bridgehead atoms. The minimum absolute atomic E-state index is 0.192. The van der Waals surface area contributed by atoms with Crippen LogP contribution in [0.2, 0.25) is 0 Å². The smallest absolute Gasteiger partial charge is 0.236 e. The lowest BCUT2D eigenvalue weighted by Crippen LogP contribution is -2.46. The van der Waals surface area contributed by atoms with Gasteiger partial charge in [-0.3, -0.25) is 14.5 Å². The molecule has 0 unspecified atom stereocenters. The average Bonchev–Trinajstić information content (AvgIpc) is 2.81. The number of carbonyl (C=O) groups is 2. The number of carbonyl (C=O) groups excluding carboxylic acids is 2. The zero-order valence-corrected chi connectivity index (χ0v) is 9.19. The molecule has 5 heteroatoms. The first-order valence-electron chi connectivity index (χ1n) is 5.73. The zero-order chi connectivity index (χ0) is 11.8. The van der Waals surface area contributed by atoms with Crippen molar-refractivity contribution in [2.75, 3.05) is 13.2 Å². The van der Waals surface area contributed by atoms with Crippen LogP contribution in [0, 0.1) is 5.41 Å². The molecule has 0 atom stereocenters. The molecule has 16 heavy (non-hydrogen) atoms. The highest BCUT2D eigenvalue weighted by atomic mass is 16.3. The fraction of sp³-hybridized carbons (Fsp3) is 0.818. The number of amides is 2. The molecule has 2 amide bonds. The Balaban J connectivity index is 2.22. The number of aliphatic hydroxyl groups excluding tert-OH is 2. The first-order valence-corrected chi connectivity index (χ1v) is 5.73. The van der Waals surface area contributed by atoms with Gasteiger partial charge < -0.3 is 10.2 Å². The Labute approximate surface area is 94.0 Å². The van der Waals surface area contributed by atoms with Gasteiger partial charge in [0, 0.05) is 6.42 Å². The number of imide groups is 1. The average molecular weight is 227 g/mol. The molecule has 1 saturated carbocycles. The van der Waals surface area contributed by atoms with E-state index in [4.69, 9.17) is 10.2 Å². The summed E-state index contributed by atoms with van der Waals surface area (Å²) in [5.41, 5.74) is -0.514. The van der Waals surface area contributed by atoms with E-state index in [0.29, 0.717) is 0 Å². The lowest BCUT2D eigenvalue weighted by molar-refractivity contribution is -0.146. The summed E-state index contributed by atoms with van der Waals surface area (Å²) in [7, 11) is 0. The Morgan fingerprint density at radius 1 is 1.19 bits per heavy atom. The van der Waals surface area contributed by atoms with Crippen molar-refractivity contribution >= 4 is 11.8 Å². The van der Waals surface area contributed by atoms with Gasteiger partial charge in [0.1, 0.15) is 0 Å². The fourth-order valence-corrected chi connectivity index (χ4v) is 2.85. The second-order valence-corrected chi connectivity index (χ2v) is 4.75. The zero-order valence-electron chi connectivity index (χ0n) is 9.19. The van der Waals surface area contributed by atoms with Crippen molar-refractivity contribution in [1.82, 2.24) is 4.90 Å². The number of likely N-dealkylation sites (tertiary alicyclic amines) is 1. The second kappa shape index (κ2) is 4.14. The van der Waals surface area contributed by atoms with Crippen molar-refractivity contribution in [1.29, 1.82) is 0 Å². The van der Waals surface area contributed by atoms with Crippen molar-refractivity contribution in [3.05, 3.63) is 0 Å². The molecule has 90 valence electrons. The van der Waals surface area contributed by atoms with Crippen molar-refractivity contribution in [2.45, 2.75) is 38.1 Å². The molecule has 1 aliphatic carbocycles. The largest absolute Gasteiger partial charge is 0.394 e. The molecule has 5 nitrogen and oxygen atoms in total. The quantitative estimate of drug-likeness (QED) is 0.646. The van der Waals surface area contributed by atoms with Crippen molar-refractivity contribution in [3.8, 4) is 0 Å². The first kappa shape index (κ1) is 11.5. The van der Waals surface area contributed by atoms with E-state index in [1.54, 1.807) is 0 Å². The highest BCUT2D eigenvalue weighted by Crippen LogP contribution is 2.47. The molecule has 1 heterocycles. The molecule has 0 aromatic carbocycles. The number of aliphatic hydroxyl groups is 2. The van der Waals surface area contributed by atoms with Gasteiger partial charge >= 0.3 is 0 Å². The number of rotatable bonds is 3. The summed E-state index contributed by atoms with van der Waals surface area (Å²) in [6.07, 6.45) is 3.74. The van der Waals surface area contributed by atoms with E-state index in [0.717, 1.165) is 30.6 Å². The molecule has 1 saturated heterocycles. The number of hydrogen-bond donors (Lipinski definition) is 2. The summed E-state index contributed by atoms with van der Waals surface area (Å²) in [6.45, 7) is -0.742. The highest BCUT2D eigenvalue weighted by molar-refractivity contribution is 6.06. The van der Waals surface area contributed by atoms with Gasteiger partial charge in [0.2, 0.25) is 11.8 Å². The second-order valence-electron chi connectivity index (χ2n) is 4.75. The minimum Gasteiger partial charge on any atom is -0.394 e. The Bertz CT molecular complexity index is 305. The molecule has 0 aromatic rings. The maximum Gasteiger partial charge on any atom is 0.236 e. The molecule has 2 aliphatic rings. The third-order valence-electron chi connectivity index (χ3n) is 3.78. The molecule has 1 aliphatic heterocycles. The van der Waals surface area contributed by atoms with Crippen molar-refractivity contribution in [2.24, 2.45) is 5.41 Å². The molecule has 0 radical (unpaired) electrons. The van der Waals surface area contributed by atoms with Crippen molar-refractivity contribution < 1.29 is 19.8 Å². The van der Waals surface area contributed by atoms with Gasteiger partial charge in [0.05, 0.1) is 24.7 Å². The van der Waals surface area contributed by atoms with Crippen molar-refractivity contribution in [3.63, 3.8) is 0 Å². The predicted molar refractivity (Wildman–Crippen MR) is 55.3 cm³/mol. The van der Waals surface area contributed by atoms with Crippen LogP contribution >= 0.6 is 0 Å². The maximum atomic E-state index is 12.2. The molecule has 2 rings (SSSR count). The Morgan fingerprint density at radius 3 is 2.25 bits per heavy atom. The van der Waals surface area contributed by atoms with Gasteiger partial charge in [-0.25, -0.2) is 0 Å². The Kier molecular flexibility index (Phi) is 2.99. The van der Waals surface area contributed by atoms with Gasteiger partial charge in [0.25, 0.3) is 0 Å². The summed E-state index contributed by atoms with van der Waals surface area (Å²) in [5, 5.41) is 18.1. The molecule has 2 N–H and O–H groups in total. The van der Waals surface area contributed by atoms with E-state index in [1.807, 2.05) is 0 Å². The van der Waals surface area contributed by atoms with E-state index in [-0.39, 0.29) is 31.4 Å². The molecular formula is C11H17NO4. The third kappa shape index (κ3) is 1.55. The van der Waals surface area contributed by atoms with Gasteiger partial charge in [-0.05, 0) is 12.8 Å². The maximum absolute atomic E-state index is 12.2. The lowest BCUT2D eigenvalue weighted by atomic mass is 9.84. The van der Waals surface area contributed by atoms with E-state index in [9.17, 15) is 9.59 Å². The van der Waals surface area contributed by atoms with E-state index in [2.05, 4.69) is 0 Å². The minimum atomic E-state index is -0.764. The summed E-state index contributed by atoms with van der Waals surface area (Å²) in [4.78, 5) is 25.0. The Hall–Kier alpha value is -0.940. The molecular weight excluding hydrogens is 210 g/mol. The summed E-state index contributed by atoms with van der Waals surface area (Å²) < 4.78 is 0. The van der Waals surface area contributed by atoms with Crippen LogP contribution in [-0.4, -0.2) is 46.2 Å². The van der Waals surface area contributed by atoms with Gasteiger partial charge in [-0.2, -0.15) is 0 Å². The molecule has 1 spiro atoms. The SMILES string of the molecule is O=C1CC2(CCCC2)C(=O)N1C(CO)CO. The topological polar surface area (TPSA) is 77.8 Å².